The molecule has 0 aliphatic carbocycles. The van der Waals surface area contributed by atoms with Crippen LogP contribution in [0.25, 0.3) is 0 Å². The summed E-state index contributed by atoms with van der Waals surface area (Å²) >= 11 is 5.62. The van der Waals surface area contributed by atoms with Crippen molar-refractivity contribution in [2.45, 2.75) is 17.7 Å². The van der Waals surface area contributed by atoms with Gasteiger partial charge in [0.05, 0.1) is 5.02 Å². The third-order valence-corrected chi connectivity index (χ3v) is 3.48. The Bertz CT molecular complexity index is 503. The zero-order valence-electron chi connectivity index (χ0n) is 8.76. The fourth-order valence-corrected chi connectivity index (χ4v) is 2.37. The standard InChI is InChI=1S/C9H11ClN2O4S/c10-7-4-8(6-11-5-7)17(15,16)12-3-1-2-9(13)14/h4-6,12H,1-3H2,(H,13,14). The first-order valence-electron chi connectivity index (χ1n) is 4.74. The van der Waals surface area contributed by atoms with Crippen LogP contribution in [0.3, 0.4) is 0 Å². The van der Waals surface area contributed by atoms with Gasteiger partial charge in [-0.25, -0.2) is 13.1 Å². The van der Waals surface area contributed by atoms with Crippen molar-refractivity contribution in [3.05, 3.63) is 23.5 Å². The molecule has 94 valence electrons. The van der Waals surface area contributed by atoms with E-state index < -0.39 is 16.0 Å². The van der Waals surface area contributed by atoms with Crippen LogP contribution in [0, 0.1) is 0 Å². The van der Waals surface area contributed by atoms with Gasteiger partial charge < -0.3 is 5.11 Å². The van der Waals surface area contributed by atoms with E-state index in [1.807, 2.05) is 0 Å². The van der Waals surface area contributed by atoms with E-state index in [4.69, 9.17) is 16.7 Å². The lowest BCUT2D eigenvalue weighted by atomic mass is 10.3. The molecule has 1 heterocycles. The number of pyridine rings is 1. The summed E-state index contributed by atoms with van der Waals surface area (Å²) in [5.41, 5.74) is 0. The fourth-order valence-electron chi connectivity index (χ4n) is 1.07. The van der Waals surface area contributed by atoms with E-state index in [1.54, 1.807) is 0 Å². The molecule has 1 aromatic heterocycles. The number of carboxylic acids is 1. The second kappa shape index (κ2) is 5.95. The summed E-state index contributed by atoms with van der Waals surface area (Å²) in [6.45, 7) is 0.0567. The van der Waals surface area contributed by atoms with Crippen LogP contribution < -0.4 is 4.72 Å². The highest BCUT2D eigenvalue weighted by Crippen LogP contribution is 2.13. The highest BCUT2D eigenvalue weighted by atomic mass is 35.5. The van der Waals surface area contributed by atoms with E-state index in [9.17, 15) is 13.2 Å². The third kappa shape index (κ3) is 4.68. The largest absolute Gasteiger partial charge is 0.481 e. The van der Waals surface area contributed by atoms with Crippen LogP contribution in [0.15, 0.2) is 23.4 Å². The van der Waals surface area contributed by atoms with Crippen LogP contribution in [0.2, 0.25) is 5.02 Å². The van der Waals surface area contributed by atoms with Crippen LogP contribution in [0.5, 0.6) is 0 Å². The Balaban J connectivity index is 2.60. The molecule has 8 heteroatoms. The number of aliphatic carboxylic acids is 1. The first-order chi connectivity index (χ1) is 7.92. The number of hydrogen-bond acceptors (Lipinski definition) is 4. The zero-order valence-corrected chi connectivity index (χ0v) is 10.3. The number of nitrogens with zero attached hydrogens (tertiary/aromatic N) is 1. The van der Waals surface area contributed by atoms with Crippen molar-refractivity contribution in [3.8, 4) is 0 Å². The van der Waals surface area contributed by atoms with Gasteiger partial charge in [0.1, 0.15) is 4.90 Å². The molecule has 0 atom stereocenters. The molecule has 0 fully saturated rings. The molecule has 0 aromatic carbocycles. The summed E-state index contributed by atoms with van der Waals surface area (Å²) in [6, 6.07) is 1.27. The number of hydrogen-bond donors (Lipinski definition) is 2. The minimum atomic E-state index is -3.67. The Kier molecular flexibility index (Phi) is 4.86. The molecule has 0 bridgehead atoms. The molecule has 0 amide bonds. The third-order valence-electron chi connectivity index (χ3n) is 1.85. The number of halogens is 1. The lowest BCUT2D eigenvalue weighted by Gasteiger charge is -2.05. The average Bonchev–Trinajstić information content (AvgIpc) is 2.24. The molecule has 0 aliphatic rings. The van der Waals surface area contributed by atoms with Gasteiger partial charge in [0.15, 0.2) is 0 Å². The van der Waals surface area contributed by atoms with Crippen LogP contribution in [0.4, 0.5) is 0 Å². The van der Waals surface area contributed by atoms with Crippen molar-refractivity contribution in [2.75, 3.05) is 6.54 Å². The van der Waals surface area contributed by atoms with Gasteiger partial charge in [-0.15, -0.1) is 0 Å². The summed E-state index contributed by atoms with van der Waals surface area (Å²) in [4.78, 5) is 13.9. The van der Waals surface area contributed by atoms with E-state index in [-0.39, 0.29) is 29.3 Å². The molecule has 2 N–H and O–H groups in total. The van der Waals surface area contributed by atoms with Crippen LogP contribution >= 0.6 is 11.6 Å². The number of carbonyl (C=O) groups is 1. The normalized spacial score (nSPS) is 11.4. The molecule has 0 radical (unpaired) electrons. The van der Waals surface area contributed by atoms with Crippen molar-refractivity contribution in [3.63, 3.8) is 0 Å². The van der Waals surface area contributed by atoms with Gasteiger partial charge in [0.2, 0.25) is 10.0 Å². The maximum Gasteiger partial charge on any atom is 0.303 e. The second-order valence-electron chi connectivity index (χ2n) is 3.23. The van der Waals surface area contributed by atoms with Gasteiger partial charge in [-0.2, -0.15) is 0 Å². The molecular formula is C9H11ClN2O4S. The first-order valence-corrected chi connectivity index (χ1v) is 6.60. The van der Waals surface area contributed by atoms with Crippen molar-refractivity contribution >= 4 is 27.6 Å². The SMILES string of the molecule is O=C(O)CCCNS(=O)(=O)c1cncc(Cl)c1. The van der Waals surface area contributed by atoms with Gasteiger partial charge in [-0.05, 0) is 12.5 Å². The zero-order chi connectivity index (χ0) is 12.9. The number of nitrogens with one attached hydrogen (secondary N) is 1. The number of rotatable bonds is 6. The van der Waals surface area contributed by atoms with Gasteiger partial charge in [0, 0.05) is 25.4 Å². The van der Waals surface area contributed by atoms with Gasteiger partial charge in [0.25, 0.3) is 0 Å². The monoisotopic (exact) mass is 278 g/mol. The van der Waals surface area contributed by atoms with Gasteiger partial charge >= 0.3 is 5.97 Å². The van der Waals surface area contributed by atoms with E-state index in [1.165, 1.54) is 18.5 Å². The summed E-state index contributed by atoms with van der Waals surface area (Å²) in [5, 5.41) is 8.61. The predicted molar refractivity (Wildman–Crippen MR) is 61.3 cm³/mol. The molecule has 1 rings (SSSR count). The fraction of sp³-hybridized carbons (Fsp3) is 0.333. The summed E-state index contributed by atoms with van der Waals surface area (Å²) in [6.07, 6.45) is 2.63. The van der Waals surface area contributed by atoms with Crippen LogP contribution in [0.1, 0.15) is 12.8 Å². The smallest absolute Gasteiger partial charge is 0.303 e. The lowest BCUT2D eigenvalue weighted by molar-refractivity contribution is -0.137. The number of sulfonamides is 1. The average molecular weight is 279 g/mol. The molecule has 6 nitrogen and oxygen atoms in total. The topological polar surface area (TPSA) is 96.4 Å². The van der Waals surface area contributed by atoms with E-state index in [0.29, 0.717) is 0 Å². The summed E-state index contributed by atoms with van der Waals surface area (Å²) < 4.78 is 25.6. The number of carboxylic acid groups (broad SMARTS) is 1. The van der Waals surface area contributed by atoms with Gasteiger partial charge in [-0.3, -0.25) is 9.78 Å². The van der Waals surface area contributed by atoms with Crippen molar-refractivity contribution < 1.29 is 18.3 Å². The molecule has 0 unspecified atom stereocenters. The van der Waals surface area contributed by atoms with Gasteiger partial charge in [-0.1, -0.05) is 11.6 Å². The van der Waals surface area contributed by atoms with Crippen LogP contribution in [-0.4, -0.2) is 31.0 Å². The Morgan fingerprint density at radius 3 is 2.76 bits per heavy atom. The molecular weight excluding hydrogens is 268 g/mol. The Morgan fingerprint density at radius 2 is 2.18 bits per heavy atom. The van der Waals surface area contributed by atoms with Crippen molar-refractivity contribution in [2.24, 2.45) is 0 Å². The molecule has 17 heavy (non-hydrogen) atoms. The second-order valence-corrected chi connectivity index (χ2v) is 5.44. The van der Waals surface area contributed by atoms with E-state index in [2.05, 4.69) is 9.71 Å². The quantitative estimate of drug-likeness (QED) is 0.753. The first kappa shape index (κ1) is 13.9. The number of aromatic nitrogens is 1. The maximum atomic E-state index is 11.7. The highest BCUT2D eigenvalue weighted by Gasteiger charge is 2.14. The molecule has 1 aromatic rings. The minimum Gasteiger partial charge on any atom is -0.481 e. The van der Waals surface area contributed by atoms with Crippen molar-refractivity contribution in [1.29, 1.82) is 0 Å². The maximum absolute atomic E-state index is 11.7. The molecule has 0 saturated carbocycles. The summed E-state index contributed by atoms with van der Waals surface area (Å²) in [5.74, 6) is -0.964. The van der Waals surface area contributed by atoms with E-state index >= 15 is 0 Å². The molecule has 0 saturated heterocycles. The van der Waals surface area contributed by atoms with E-state index in [0.717, 1.165) is 0 Å². The summed E-state index contributed by atoms with van der Waals surface area (Å²) in [7, 11) is -3.67. The molecule has 0 aliphatic heterocycles. The van der Waals surface area contributed by atoms with Crippen molar-refractivity contribution in [1.82, 2.24) is 9.71 Å². The van der Waals surface area contributed by atoms with Crippen LogP contribution in [-0.2, 0) is 14.8 Å². The lowest BCUT2D eigenvalue weighted by Crippen LogP contribution is -2.25. The molecule has 0 spiro atoms. The highest BCUT2D eigenvalue weighted by molar-refractivity contribution is 7.89. The minimum absolute atomic E-state index is 0.0414. The Hall–Kier alpha value is -1.18. The predicted octanol–water partition coefficient (Wildman–Crippen LogP) is 0.878. The Morgan fingerprint density at radius 1 is 1.47 bits per heavy atom. The Labute approximate surface area is 104 Å².